The van der Waals surface area contributed by atoms with Crippen molar-refractivity contribution in [1.29, 1.82) is 0 Å². The lowest BCUT2D eigenvalue weighted by Gasteiger charge is -2.43. The molecule has 1 aliphatic heterocycles. The van der Waals surface area contributed by atoms with Crippen LogP contribution >= 0.6 is 0 Å². The molecule has 0 amide bonds. The first-order valence-corrected chi connectivity index (χ1v) is 22.4. The summed E-state index contributed by atoms with van der Waals surface area (Å²) in [5, 5.41) is 38.4. The number of Topliss-reactive ketones (excluding diaryl/α,β-unsaturated/α-hetero) is 2. The van der Waals surface area contributed by atoms with E-state index in [0.29, 0.717) is 37.5 Å². The standard InChI is InChI=1S/C51H65N3O6/c1-5-11-41(45(56)28-39-24-36(30-54-39)31(2)3)35-23-38(51(19-9-10-20-51)37-18-21-53-48(52)27-37)22-33-14-16-40(32-12-7-6-8-13-32)42-29-46(57)47(60-4)26-34(42)15-17-44(55)50(59)49(58)43(33)25-35/h6-8,12-13,18,24,26-27,29-31,33,35,38,40-41,43,45,50,53-54,56-57,59H,5,9-11,15,17,19-23,25,28,52H2,1-4H3. The molecule has 4 aliphatic rings. The van der Waals surface area contributed by atoms with E-state index in [1.165, 1.54) is 18.2 Å². The molecule has 7 N–H and O–H groups in total. The van der Waals surface area contributed by atoms with E-state index in [0.717, 1.165) is 67.3 Å². The lowest BCUT2D eigenvalue weighted by Crippen LogP contribution is -2.40. The highest BCUT2D eigenvalue weighted by atomic mass is 16.5. The molecule has 3 aliphatic carbocycles. The van der Waals surface area contributed by atoms with Crippen molar-refractivity contribution in [1.82, 2.24) is 10.3 Å². The molecule has 2 heterocycles. The molecule has 8 atom stereocenters. The van der Waals surface area contributed by atoms with E-state index >= 15 is 0 Å². The normalized spacial score (nSPS) is 26.7. The van der Waals surface area contributed by atoms with Gasteiger partial charge in [-0.3, -0.25) is 9.59 Å². The fraction of sp³-hybridized carbons (Fsp3) is 0.529. The predicted molar refractivity (Wildman–Crippen MR) is 235 cm³/mol. The summed E-state index contributed by atoms with van der Waals surface area (Å²) < 4.78 is 5.49. The van der Waals surface area contributed by atoms with Crippen LogP contribution < -0.4 is 15.8 Å². The summed E-state index contributed by atoms with van der Waals surface area (Å²) in [7, 11) is 1.49. The van der Waals surface area contributed by atoms with Gasteiger partial charge in [0, 0.05) is 43.1 Å². The van der Waals surface area contributed by atoms with Gasteiger partial charge in [0.25, 0.3) is 0 Å². The number of phenolic OH excluding ortho intramolecular Hbond substituents is 1. The van der Waals surface area contributed by atoms with Crippen LogP contribution in [0.4, 0.5) is 0 Å². The fourth-order valence-electron chi connectivity index (χ4n) is 11.2. The molecule has 9 heteroatoms. The molecule has 320 valence electrons. The number of hydrogen-bond donors (Lipinski definition) is 6. The van der Waals surface area contributed by atoms with Crippen LogP contribution in [0.15, 0.2) is 78.3 Å². The van der Waals surface area contributed by atoms with Gasteiger partial charge < -0.3 is 36.1 Å². The third-order valence-electron chi connectivity index (χ3n) is 14.4. The number of aromatic amines is 1. The third-order valence-corrected chi connectivity index (χ3v) is 14.4. The second kappa shape index (κ2) is 18.9. The Kier molecular flexibility index (Phi) is 13.6. The Morgan fingerprint density at radius 2 is 1.78 bits per heavy atom. The number of phenols is 1. The number of hydrogen-bond acceptors (Lipinski definition) is 8. The molecule has 0 radical (unpaired) electrons. The van der Waals surface area contributed by atoms with Gasteiger partial charge in [-0.15, -0.1) is 0 Å². The Labute approximate surface area is 356 Å². The van der Waals surface area contributed by atoms with Crippen LogP contribution in [0.5, 0.6) is 11.5 Å². The number of H-pyrrole nitrogens is 1. The number of nitrogens with two attached hydrogens (primary N) is 1. The number of methoxy groups -OCH3 is 1. The van der Waals surface area contributed by atoms with Crippen molar-refractivity contribution in [3.8, 4) is 23.3 Å². The molecule has 0 spiro atoms. The maximum Gasteiger partial charge on any atom is 0.173 e. The average molecular weight is 816 g/mol. The van der Waals surface area contributed by atoms with Gasteiger partial charge in [-0.25, -0.2) is 0 Å². The van der Waals surface area contributed by atoms with Gasteiger partial charge in [0.1, 0.15) is 0 Å². The molecular weight excluding hydrogens is 751 g/mol. The van der Waals surface area contributed by atoms with Gasteiger partial charge in [0.05, 0.1) is 25.0 Å². The summed E-state index contributed by atoms with van der Waals surface area (Å²) in [4.78, 5) is 32.3. The van der Waals surface area contributed by atoms with Crippen molar-refractivity contribution in [2.45, 2.75) is 122 Å². The van der Waals surface area contributed by atoms with Crippen LogP contribution in [-0.4, -0.2) is 57.7 Å². The number of ether oxygens (including phenoxy) is 1. The number of dihydropyridines is 1. The van der Waals surface area contributed by atoms with E-state index in [-0.39, 0.29) is 47.5 Å². The van der Waals surface area contributed by atoms with Crippen molar-refractivity contribution in [2.24, 2.45) is 40.7 Å². The molecule has 0 saturated heterocycles. The van der Waals surface area contributed by atoms with Gasteiger partial charge in [-0.1, -0.05) is 88.3 Å². The first kappa shape index (κ1) is 43.3. The van der Waals surface area contributed by atoms with E-state index in [2.05, 4.69) is 61.1 Å². The number of rotatable bonds is 11. The predicted octanol–water partition coefficient (Wildman–Crippen LogP) is 7.99. The number of carbonyl (C=O) groups is 2. The van der Waals surface area contributed by atoms with Gasteiger partial charge in [0.2, 0.25) is 0 Å². The molecule has 8 unspecified atom stereocenters. The highest BCUT2D eigenvalue weighted by molar-refractivity contribution is 6.06. The van der Waals surface area contributed by atoms with Crippen molar-refractivity contribution < 1.29 is 29.6 Å². The van der Waals surface area contributed by atoms with Crippen LogP contribution in [0.3, 0.4) is 0 Å². The van der Waals surface area contributed by atoms with E-state index in [9.17, 15) is 24.9 Å². The number of aliphatic hydroxyl groups excluding tert-OH is 2. The zero-order chi connectivity index (χ0) is 42.6. The van der Waals surface area contributed by atoms with Crippen molar-refractivity contribution >= 4 is 11.6 Å². The zero-order valence-electron chi connectivity index (χ0n) is 35.9. The highest BCUT2D eigenvalue weighted by Gasteiger charge is 2.50. The van der Waals surface area contributed by atoms with Crippen molar-refractivity contribution in [3.05, 3.63) is 106 Å². The number of fused-ring (bicyclic) bond motifs is 2. The molecule has 9 nitrogen and oxygen atoms in total. The number of carbonyl (C=O) groups excluding carboxylic acids is 2. The molecule has 2 fully saturated rings. The second-order valence-electron chi connectivity index (χ2n) is 18.3. The van der Waals surface area contributed by atoms with Gasteiger partial charge in [0.15, 0.2) is 29.2 Å². The molecule has 60 heavy (non-hydrogen) atoms. The molecular formula is C51H65N3O6. The Morgan fingerprint density at radius 3 is 2.47 bits per heavy atom. The van der Waals surface area contributed by atoms with Crippen LogP contribution in [0.25, 0.3) is 0 Å². The lowest BCUT2D eigenvalue weighted by atomic mass is 9.62. The monoisotopic (exact) mass is 815 g/mol. The molecule has 1 aromatic heterocycles. The summed E-state index contributed by atoms with van der Waals surface area (Å²) >= 11 is 0. The maximum absolute atomic E-state index is 14.9. The Balaban J connectivity index is 1.39. The van der Waals surface area contributed by atoms with Gasteiger partial charge >= 0.3 is 0 Å². The minimum absolute atomic E-state index is 0.0195. The molecule has 0 bridgehead atoms. The zero-order valence-corrected chi connectivity index (χ0v) is 35.9. The Bertz CT molecular complexity index is 2120. The summed E-state index contributed by atoms with van der Waals surface area (Å²) in [5.41, 5.74) is 12.2. The average Bonchev–Trinajstić information content (AvgIpc) is 3.90. The minimum atomic E-state index is -1.79. The topological polar surface area (TPSA) is 158 Å². The summed E-state index contributed by atoms with van der Waals surface area (Å²) in [5.74, 6) is 5.87. The van der Waals surface area contributed by atoms with Crippen molar-refractivity contribution in [3.63, 3.8) is 0 Å². The number of allylic oxidation sites excluding steroid dienone is 2. The minimum Gasteiger partial charge on any atom is -0.504 e. The fourth-order valence-corrected chi connectivity index (χ4v) is 11.2. The van der Waals surface area contributed by atoms with Crippen LogP contribution in [0.1, 0.15) is 125 Å². The first-order chi connectivity index (χ1) is 28.9. The molecule has 2 saturated carbocycles. The Hall–Kier alpha value is -4.78. The highest BCUT2D eigenvalue weighted by Crippen LogP contribution is 2.57. The SMILES string of the molecule is CCCC(C(O)Cc1cc(C(C)C)c[nH]1)C1CC2C(=O)C(O)C(=O)CCc3cc(OC)c(O)cc3C(c3ccccc3)C#CC2CC(C2(C3=CCNC(N)=C3)CCCC2)C1. The van der Waals surface area contributed by atoms with E-state index in [1.54, 1.807) is 12.1 Å². The van der Waals surface area contributed by atoms with E-state index in [1.807, 2.05) is 36.5 Å². The second-order valence-corrected chi connectivity index (χ2v) is 18.3. The summed E-state index contributed by atoms with van der Waals surface area (Å²) in [6, 6.07) is 15.6. The number of aromatic hydroxyl groups is 1. The molecule has 7 rings (SSSR count). The van der Waals surface area contributed by atoms with Crippen LogP contribution in [-0.2, 0) is 22.4 Å². The molecule has 2 aromatic carbocycles. The van der Waals surface area contributed by atoms with Crippen LogP contribution in [0.2, 0.25) is 0 Å². The number of ketones is 2. The number of aliphatic hydroxyl groups is 2. The number of nitrogens with one attached hydrogen (secondary N) is 2. The third kappa shape index (κ3) is 9.11. The Morgan fingerprint density at radius 1 is 1.02 bits per heavy atom. The van der Waals surface area contributed by atoms with Gasteiger partial charge in [-0.05, 0) is 126 Å². The smallest absolute Gasteiger partial charge is 0.173 e. The summed E-state index contributed by atoms with van der Waals surface area (Å²) in [6.07, 6.45) is 12.2. The largest absolute Gasteiger partial charge is 0.504 e. The number of aromatic nitrogens is 1. The molecule has 3 aromatic rings. The van der Waals surface area contributed by atoms with Crippen molar-refractivity contribution in [2.75, 3.05) is 13.7 Å². The van der Waals surface area contributed by atoms with E-state index < -0.39 is 41.5 Å². The maximum atomic E-state index is 14.9. The first-order valence-electron chi connectivity index (χ1n) is 22.4. The number of benzene rings is 2. The van der Waals surface area contributed by atoms with E-state index in [4.69, 9.17) is 10.5 Å². The number of aryl methyl sites for hydroxylation is 1. The lowest BCUT2D eigenvalue weighted by molar-refractivity contribution is -0.142. The quantitative estimate of drug-likeness (QED) is 0.0840. The summed E-state index contributed by atoms with van der Waals surface area (Å²) in [6.45, 7) is 7.12. The van der Waals surface area contributed by atoms with Gasteiger partial charge in [-0.2, -0.15) is 0 Å². The van der Waals surface area contributed by atoms with Crippen LogP contribution in [0, 0.1) is 46.8 Å².